The summed E-state index contributed by atoms with van der Waals surface area (Å²) in [6.45, 7) is 0.425. The first kappa shape index (κ1) is 16.9. The van der Waals surface area contributed by atoms with Gasteiger partial charge in [0.15, 0.2) is 5.58 Å². The van der Waals surface area contributed by atoms with Crippen LogP contribution in [0.15, 0.2) is 32.6 Å². The molecule has 1 saturated carbocycles. The molecule has 1 fully saturated rings. The number of aromatic nitrogens is 3. The Morgan fingerprint density at radius 2 is 2.24 bits per heavy atom. The maximum atomic E-state index is 14.5. The number of sulfonamides is 1. The maximum absolute atomic E-state index is 14.5. The quantitative estimate of drug-likeness (QED) is 0.429. The van der Waals surface area contributed by atoms with Crippen molar-refractivity contribution in [3.63, 3.8) is 0 Å². The van der Waals surface area contributed by atoms with E-state index >= 15 is 0 Å². The lowest BCUT2D eigenvalue weighted by Gasteiger charge is -2.06. The number of nitrogens with zero attached hydrogens (tertiary/aromatic N) is 3. The molecule has 0 amide bonds. The number of hydrogen-bond donors (Lipinski definition) is 1. The molecule has 2 aromatic heterocycles. The van der Waals surface area contributed by atoms with Crippen LogP contribution in [0.3, 0.4) is 0 Å². The molecule has 0 saturated heterocycles. The molecule has 8 nitrogen and oxygen atoms in total. The highest BCUT2D eigenvalue weighted by molar-refractivity contribution is 14.1. The topological polar surface area (TPSA) is 107 Å². The molecule has 12 heteroatoms. The van der Waals surface area contributed by atoms with Crippen molar-refractivity contribution >= 4 is 60.4 Å². The van der Waals surface area contributed by atoms with Gasteiger partial charge in [-0.1, -0.05) is 22.6 Å². The summed E-state index contributed by atoms with van der Waals surface area (Å²) in [4.78, 5) is 15.1. The molecule has 132 valence electrons. The molecule has 1 aliphatic rings. The number of hydrogen-bond acceptors (Lipinski definition) is 7. The van der Waals surface area contributed by atoms with Crippen molar-refractivity contribution < 1.29 is 17.2 Å². The Kier molecular flexibility index (Phi) is 4.07. The van der Waals surface area contributed by atoms with Gasteiger partial charge in [-0.15, -0.1) is 0 Å². The first-order valence-electron chi connectivity index (χ1n) is 7.11. The summed E-state index contributed by atoms with van der Waals surface area (Å²) in [5, 5.41) is 0.0142. The Labute approximate surface area is 158 Å². The zero-order valence-electron chi connectivity index (χ0n) is 12.3. The number of oxazole rings is 1. The van der Waals surface area contributed by atoms with Gasteiger partial charge in [0.1, 0.15) is 17.0 Å². The van der Waals surface area contributed by atoms with Crippen LogP contribution in [0.1, 0.15) is 6.42 Å². The number of nitrogens with one attached hydrogen (secondary N) is 1. The molecule has 0 unspecified atom stereocenters. The van der Waals surface area contributed by atoms with Crippen molar-refractivity contribution in [3.05, 3.63) is 34.8 Å². The molecule has 0 bridgehead atoms. The van der Waals surface area contributed by atoms with Crippen LogP contribution in [0.25, 0.3) is 11.1 Å². The minimum absolute atomic E-state index is 0.0142. The first-order chi connectivity index (χ1) is 11.8. The van der Waals surface area contributed by atoms with E-state index in [9.17, 15) is 17.6 Å². The van der Waals surface area contributed by atoms with Crippen LogP contribution in [0.2, 0.25) is 0 Å². The molecule has 0 spiro atoms. The van der Waals surface area contributed by atoms with Gasteiger partial charge in [-0.2, -0.15) is 4.37 Å². The standard InChI is InChI=1S/C13H10FIN4O4S2/c14-7-2-9-10(23-13(20)19(9)4-6-1-8(6)15)3-11(7)25(21,22)18-12-16-5-17-24-12/h2-3,5-6,8H,1,4H2,(H,16,17,18)/t6-,8+/m1/s1. The zero-order chi connectivity index (χ0) is 17.8. The molecule has 1 aliphatic carbocycles. The number of fused-ring (bicyclic) bond motifs is 1. The summed E-state index contributed by atoms with van der Waals surface area (Å²) in [6, 6.07) is 2.03. The van der Waals surface area contributed by atoms with E-state index in [0.29, 0.717) is 16.4 Å². The fourth-order valence-electron chi connectivity index (χ4n) is 2.47. The Morgan fingerprint density at radius 1 is 1.48 bits per heavy atom. The highest BCUT2D eigenvalue weighted by Crippen LogP contribution is 2.39. The Balaban J connectivity index is 1.76. The third-order valence-electron chi connectivity index (χ3n) is 3.85. The fourth-order valence-corrected chi connectivity index (χ4v) is 5.08. The predicted molar refractivity (Wildman–Crippen MR) is 97.1 cm³/mol. The molecule has 4 rings (SSSR count). The van der Waals surface area contributed by atoms with Crippen molar-refractivity contribution in [1.82, 2.24) is 13.9 Å². The van der Waals surface area contributed by atoms with E-state index in [2.05, 4.69) is 36.7 Å². The van der Waals surface area contributed by atoms with Gasteiger partial charge in [-0.25, -0.2) is 22.6 Å². The van der Waals surface area contributed by atoms with Crippen LogP contribution >= 0.6 is 34.1 Å². The first-order valence-corrected chi connectivity index (χ1v) is 10.6. The number of alkyl halides is 1. The Bertz CT molecular complexity index is 1110. The second-order valence-corrected chi connectivity index (χ2v) is 9.62. The van der Waals surface area contributed by atoms with E-state index in [4.69, 9.17) is 4.42 Å². The molecule has 3 aromatic rings. The summed E-state index contributed by atoms with van der Waals surface area (Å²) >= 11 is 3.11. The monoisotopic (exact) mass is 496 g/mol. The van der Waals surface area contributed by atoms with Gasteiger partial charge < -0.3 is 4.42 Å². The summed E-state index contributed by atoms with van der Waals surface area (Å²) in [6.07, 6.45) is 2.17. The Hall–Kier alpha value is -1.54. The van der Waals surface area contributed by atoms with Crippen molar-refractivity contribution in [2.45, 2.75) is 21.8 Å². The van der Waals surface area contributed by atoms with Crippen LogP contribution in [-0.4, -0.2) is 26.3 Å². The second kappa shape index (κ2) is 6.02. The van der Waals surface area contributed by atoms with Crippen LogP contribution in [0.5, 0.6) is 0 Å². The van der Waals surface area contributed by atoms with Crippen molar-refractivity contribution in [2.75, 3.05) is 4.72 Å². The highest BCUT2D eigenvalue weighted by atomic mass is 127. The van der Waals surface area contributed by atoms with E-state index < -0.39 is 26.5 Å². The van der Waals surface area contributed by atoms with Crippen molar-refractivity contribution in [3.8, 4) is 0 Å². The molecule has 1 aromatic carbocycles. The molecule has 0 aliphatic heterocycles. The third-order valence-corrected chi connectivity index (χ3v) is 7.44. The lowest BCUT2D eigenvalue weighted by atomic mass is 10.3. The molecule has 1 N–H and O–H groups in total. The summed E-state index contributed by atoms with van der Waals surface area (Å²) in [7, 11) is -4.22. The molecule has 2 atom stereocenters. The molecule has 25 heavy (non-hydrogen) atoms. The molecule has 2 heterocycles. The maximum Gasteiger partial charge on any atom is 0.419 e. The van der Waals surface area contributed by atoms with Crippen LogP contribution in [0.4, 0.5) is 9.52 Å². The fraction of sp³-hybridized carbons (Fsp3) is 0.308. The van der Waals surface area contributed by atoms with Gasteiger partial charge in [0.05, 0.1) is 5.52 Å². The summed E-state index contributed by atoms with van der Waals surface area (Å²) in [5.41, 5.74) is 0.266. The van der Waals surface area contributed by atoms with Crippen molar-refractivity contribution in [1.29, 1.82) is 0 Å². The van der Waals surface area contributed by atoms with Gasteiger partial charge in [0.2, 0.25) is 5.13 Å². The number of benzene rings is 1. The lowest BCUT2D eigenvalue weighted by molar-refractivity contribution is 0.492. The van der Waals surface area contributed by atoms with Gasteiger partial charge in [0, 0.05) is 34.1 Å². The van der Waals surface area contributed by atoms with Crippen LogP contribution in [0, 0.1) is 11.7 Å². The third kappa shape index (κ3) is 3.17. The van der Waals surface area contributed by atoms with Crippen molar-refractivity contribution in [2.24, 2.45) is 5.92 Å². The lowest BCUT2D eigenvalue weighted by Crippen LogP contribution is -2.16. The summed E-state index contributed by atoms with van der Waals surface area (Å²) < 4.78 is 51.9. The van der Waals surface area contributed by atoms with Gasteiger partial charge in [0.25, 0.3) is 10.0 Å². The summed E-state index contributed by atoms with van der Waals surface area (Å²) in [5.74, 6) is -1.26. The number of halogens is 2. The smallest absolute Gasteiger partial charge is 0.408 e. The highest BCUT2D eigenvalue weighted by Gasteiger charge is 2.35. The van der Waals surface area contributed by atoms with E-state index in [1.54, 1.807) is 0 Å². The largest absolute Gasteiger partial charge is 0.419 e. The normalized spacial score (nSPS) is 20.1. The predicted octanol–water partition coefficient (Wildman–Crippen LogP) is 2.21. The number of anilines is 1. The SMILES string of the molecule is O=c1oc2cc(S(=O)(=O)Nc3ncns3)c(F)cc2n1C[C@H]1C[C@@H]1I. The van der Waals surface area contributed by atoms with Crippen LogP contribution in [-0.2, 0) is 16.6 Å². The Morgan fingerprint density at radius 3 is 2.88 bits per heavy atom. The van der Waals surface area contributed by atoms with Gasteiger partial charge in [-0.3, -0.25) is 9.29 Å². The molecule has 0 radical (unpaired) electrons. The molecular formula is C13H10FIN4O4S2. The van der Waals surface area contributed by atoms with E-state index in [1.165, 1.54) is 10.9 Å². The minimum Gasteiger partial charge on any atom is -0.408 e. The van der Waals surface area contributed by atoms with Gasteiger partial charge in [-0.05, 0) is 12.3 Å². The van der Waals surface area contributed by atoms with E-state index in [1.807, 2.05) is 0 Å². The molecular weight excluding hydrogens is 486 g/mol. The average molecular weight is 496 g/mol. The minimum atomic E-state index is -4.22. The second-order valence-electron chi connectivity index (χ2n) is 5.59. The zero-order valence-corrected chi connectivity index (χ0v) is 16.1. The van der Waals surface area contributed by atoms with Gasteiger partial charge >= 0.3 is 5.76 Å². The van der Waals surface area contributed by atoms with E-state index in [-0.39, 0.29) is 16.2 Å². The van der Waals surface area contributed by atoms with Crippen LogP contribution < -0.4 is 10.5 Å². The van der Waals surface area contributed by atoms with E-state index in [0.717, 1.165) is 30.1 Å². The number of rotatable bonds is 5. The average Bonchev–Trinajstić information content (AvgIpc) is 2.92.